The maximum atomic E-state index is 13.9. The lowest BCUT2D eigenvalue weighted by atomic mass is 10.1. The molecule has 0 atom stereocenters. The van der Waals surface area contributed by atoms with Crippen molar-refractivity contribution in [1.82, 2.24) is 9.80 Å². The van der Waals surface area contributed by atoms with E-state index in [1.807, 2.05) is 0 Å². The van der Waals surface area contributed by atoms with E-state index in [4.69, 9.17) is 10.6 Å². The van der Waals surface area contributed by atoms with Crippen LogP contribution in [0.2, 0.25) is 0 Å². The van der Waals surface area contributed by atoms with E-state index in [1.54, 1.807) is 12.1 Å². The van der Waals surface area contributed by atoms with Crippen LogP contribution in [0.25, 0.3) is 0 Å². The van der Waals surface area contributed by atoms with Gasteiger partial charge in [0.1, 0.15) is 5.82 Å². The molecule has 0 spiro atoms. The fourth-order valence-corrected chi connectivity index (χ4v) is 2.73. The second-order valence-corrected chi connectivity index (χ2v) is 5.45. The fourth-order valence-electron chi connectivity index (χ4n) is 2.73. The van der Waals surface area contributed by atoms with E-state index >= 15 is 0 Å². The van der Waals surface area contributed by atoms with Crippen molar-refractivity contribution in [3.8, 4) is 0 Å². The molecule has 1 aromatic rings. The molecule has 2 fully saturated rings. The summed E-state index contributed by atoms with van der Waals surface area (Å²) in [4.78, 5) is 4.77. The predicted octanol–water partition coefficient (Wildman–Crippen LogP) is 0.628. The molecule has 0 amide bonds. The lowest BCUT2D eigenvalue weighted by Gasteiger charge is -2.42. The van der Waals surface area contributed by atoms with Crippen LogP contribution in [-0.4, -0.2) is 55.2 Å². The van der Waals surface area contributed by atoms with Gasteiger partial charge in [0.2, 0.25) is 0 Å². The number of nitrogens with zero attached hydrogens (tertiary/aromatic N) is 2. The third-order valence-corrected chi connectivity index (χ3v) is 4.16. The molecule has 5 nitrogen and oxygen atoms in total. The highest BCUT2D eigenvalue weighted by Gasteiger charge is 2.28. The molecule has 0 aromatic heterocycles. The van der Waals surface area contributed by atoms with Crippen LogP contribution < -0.4 is 11.3 Å². The van der Waals surface area contributed by atoms with Crippen molar-refractivity contribution in [3.05, 3.63) is 29.6 Å². The van der Waals surface area contributed by atoms with Crippen molar-refractivity contribution in [2.75, 3.05) is 44.8 Å². The molecule has 2 heterocycles. The maximum Gasteiger partial charge on any atom is 0.129 e. The smallest absolute Gasteiger partial charge is 0.129 e. The molecule has 0 bridgehead atoms. The topological polar surface area (TPSA) is 53.8 Å². The first-order valence-corrected chi connectivity index (χ1v) is 7.05. The number of hydrazine groups is 1. The molecular weight excluding hydrogens is 259 g/mol. The van der Waals surface area contributed by atoms with Gasteiger partial charge in [-0.15, -0.1) is 0 Å². The first kappa shape index (κ1) is 13.8. The minimum atomic E-state index is -0.199. The number of benzene rings is 1. The van der Waals surface area contributed by atoms with Gasteiger partial charge in [-0.1, -0.05) is 6.07 Å². The van der Waals surface area contributed by atoms with Gasteiger partial charge in [0.15, 0.2) is 0 Å². The first-order chi connectivity index (χ1) is 9.76. The summed E-state index contributed by atoms with van der Waals surface area (Å²) in [6.07, 6.45) is 0. The molecular formula is C14H21FN4O. The summed E-state index contributed by atoms with van der Waals surface area (Å²) < 4.78 is 19.1. The monoisotopic (exact) mass is 280 g/mol. The van der Waals surface area contributed by atoms with E-state index in [0.717, 1.165) is 45.0 Å². The van der Waals surface area contributed by atoms with Crippen LogP contribution in [-0.2, 0) is 11.3 Å². The molecule has 2 aliphatic rings. The number of halogens is 1. The number of hydrogen-bond donors (Lipinski definition) is 2. The highest BCUT2D eigenvalue weighted by Crippen LogP contribution is 2.18. The Morgan fingerprint density at radius 2 is 2.00 bits per heavy atom. The van der Waals surface area contributed by atoms with Crippen molar-refractivity contribution in [2.24, 2.45) is 5.84 Å². The largest absolute Gasteiger partial charge is 0.378 e. The standard InChI is InChI=1S/C14H21FN4O/c15-14-7-12(17-16)2-1-11(14)8-18-3-5-19(6-4-18)13-9-20-10-13/h1-2,7,13,17H,3-6,8-10,16H2. The average Bonchev–Trinajstić information content (AvgIpc) is 2.41. The number of anilines is 1. The summed E-state index contributed by atoms with van der Waals surface area (Å²) in [6, 6.07) is 5.65. The first-order valence-electron chi connectivity index (χ1n) is 7.05. The van der Waals surface area contributed by atoms with E-state index in [0.29, 0.717) is 18.3 Å². The molecule has 3 N–H and O–H groups in total. The van der Waals surface area contributed by atoms with Crippen LogP contribution in [0, 0.1) is 5.82 Å². The van der Waals surface area contributed by atoms with Gasteiger partial charge in [-0.2, -0.15) is 0 Å². The Hall–Kier alpha value is -1.21. The normalized spacial score (nSPS) is 21.7. The maximum absolute atomic E-state index is 13.9. The van der Waals surface area contributed by atoms with Crippen molar-refractivity contribution in [2.45, 2.75) is 12.6 Å². The Bertz CT molecular complexity index is 458. The minimum Gasteiger partial charge on any atom is -0.378 e. The lowest BCUT2D eigenvalue weighted by molar-refractivity contribution is -0.0774. The van der Waals surface area contributed by atoms with Crippen LogP contribution in [0.4, 0.5) is 10.1 Å². The molecule has 110 valence electrons. The number of piperazine rings is 1. The number of nitrogen functional groups attached to an aromatic ring is 1. The second-order valence-electron chi connectivity index (χ2n) is 5.45. The Morgan fingerprint density at radius 1 is 1.25 bits per heavy atom. The Balaban J connectivity index is 1.53. The quantitative estimate of drug-likeness (QED) is 0.626. The number of hydrogen-bond acceptors (Lipinski definition) is 5. The molecule has 2 aliphatic heterocycles. The van der Waals surface area contributed by atoms with Gasteiger partial charge >= 0.3 is 0 Å². The van der Waals surface area contributed by atoms with Gasteiger partial charge in [0, 0.05) is 38.3 Å². The molecule has 20 heavy (non-hydrogen) atoms. The van der Waals surface area contributed by atoms with E-state index < -0.39 is 0 Å². The van der Waals surface area contributed by atoms with Crippen LogP contribution >= 0.6 is 0 Å². The molecule has 6 heteroatoms. The van der Waals surface area contributed by atoms with Gasteiger partial charge in [0.05, 0.1) is 24.9 Å². The second kappa shape index (κ2) is 6.05. The van der Waals surface area contributed by atoms with E-state index in [1.165, 1.54) is 6.07 Å². The zero-order valence-electron chi connectivity index (χ0n) is 11.5. The summed E-state index contributed by atoms with van der Waals surface area (Å²) in [5.74, 6) is 5.07. The number of nitrogens with two attached hydrogens (primary N) is 1. The van der Waals surface area contributed by atoms with E-state index in [-0.39, 0.29) is 5.82 Å². The Kier molecular flexibility index (Phi) is 4.16. The number of ether oxygens (including phenoxy) is 1. The fraction of sp³-hybridized carbons (Fsp3) is 0.571. The molecule has 3 rings (SSSR count). The number of nitrogens with one attached hydrogen (secondary N) is 1. The van der Waals surface area contributed by atoms with Crippen LogP contribution in [0.3, 0.4) is 0 Å². The molecule has 0 unspecified atom stereocenters. The van der Waals surface area contributed by atoms with Crippen LogP contribution in [0.15, 0.2) is 18.2 Å². The van der Waals surface area contributed by atoms with Crippen molar-refractivity contribution < 1.29 is 9.13 Å². The summed E-state index contributed by atoms with van der Waals surface area (Å²) >= 11 is 0. The van der Waals surface area contributed by atoms with Crippen molar-refractivity contribution in [3.63, 3.8) is 0 Å². The molecule has 0 aliphatic carbocycles. The van der Waals surface area contributed by atoms with E-state index in [9.17, 15) is 4.39 Å². The van der Waals surface area contributed by atoms with Gasteiger partial charge in [-0.25, -0.2) is 4.39 Å². The highest BCUT2D eigenvalue weighted by atomic mass is 19.1. The van der Waals surface area contributed by atoms with Gasteiger partial charge in [-0.3, -0.25) is 15.6 Å². The summed E-state index contributed by atoms with van der Waals surface area (Å²) in [6.45, 7) is 6.42. The van der Waals surface area contributed by atoms with Crippen LogP contribution in [0.1, 0.15) is 5.56 Å². The zero-order chi connectivity index (χ0) is 13.9. The Morgan fingerprint density at radius 3 is 2.55 bits per heavy atom. The van der Waals surface area contributed by atoms with Gasteiger partial charge < -0.3 is 10.2 Å². The summed E-state index contributed by atoms with van der Waals surface area (Å²) in [5, 5.41) is 0. The minimum absolute atomic E-state index is 0.199. The molecule has 2 saturated heterocycles. The van der Waals surface area contributed by atoms with Crippen molar-refractivity contribution in [1.29, 1.82) is 0 Å². The van der Waals surface area contributed by atoms with Crippen LogP contribution in [0.5, 0.6) is 0 Å². The summed E-state index contributed by atoms with van der Waals surface area (Å²) in [7, 11) is 0. The molecule has 0 radical (unpaired) electrons. The SMILES string of the molecule is NNc1ccc(CN2CCN(C3COC3)CC2)c(F)c1. The Labute approximate surface area is 118 Å². The summed E-state index contributed by atoms with van der Waals surface area (Å²) in [5.41, 5.74) is 3.78. The predicted molar refractivity (Wildman–Crippen MR) is 75.7 cm³/mol. The third kappa shape index (κ3) is 2.93. The van der Waals surface area contributed by atoms with Gasteiger partial charge in [0.25, 0.3) is 0 Å². The average molecular weight is 280 g/mol. The van der Waals surface area contributed by atoms with Gasteiger partial charge in [-0.05, 0) is 12.1 Å². The molecule has 0 saturated carbocycles. The number of rotatable bonds is 4. The third-order valence-electron chi connectivity index (χ3n) is 4.16. The highest BCUT2D eigenvalue weighted by molar-refractivity contribution is 5.44. The van der Waals surface area contributed by atoms with E-state index in [2.05, 4.69) is 15.2 Å². The zero-order valence-corrected chi connectivity index (χ0v) is 11.5. The molecule has 1 aromatic carbocycles. The van der Waals surface area contributed by atoms with Crippen molar-refractivity contribution >= 4 is 5.69 Å². The lowest BCUT2D eigenvalue weighted by Crippen LogP contribution is -2.56.